The Morgan fingerprint density at radius 3 is 2.72 bits per heavy atom. The Kier molecular flexibility index (Phi) is 4.68. The van der Waals surface area contributed by atoms with Crippen LogP contribution >= 0.6 is 11.6 Å². The molecule has 130 valence electrons. The van der Waals surface area contributed by atoms with Gasteiger partial charge in [-0.3, -0.25) is 9.59 Å². The standard InChI is InChI=1S/C19H19ClN2O3/c1-11-9-13-5-3-4-6-16(13)22(11)19(24)12(2)25-17-8-7-14(20)10-15(17)18(21)23/h3-8,10-12H,9H2,1-2H3,(H2,21,23)/t11-,12+/m0/s1. The van der Waals surface area contributed by atoms with Crippen LogP contribution in [0.15, 0.2) is 42.5 Å². The monoisotopic (exact) mass is 358 g/mol. The highest BCUT2D eigenvalue weighted by molar-refractivity contribution is 6.31. The van der Waals surface area contributed by atoms with E-state index in [1.54, 1.807) is 24.0 Å². The van der Waals surface area contributed by atoms with E-state index in [0.29, 0.717) is 5.02 Å². The van der Waals surface area contributed by atoms with E-state index < -0.39 is 12.0 Å². The van der Waals surface area contributed by atoms with Gasteiger partial charge in [-0.2, -0.15) is 0 Å². The third kappa shape index (κ3) is 3.33. The van der Waals surface area contributed by atoms with Crippen LogP contribution in [-0.4, -0.2) is 24.0 Å². The topological polar surface area (TPSA) is 72.6 Å². The highest BCUT2D eigenvalue weighted by Gasteiger charge is 2.34. The molecule has 0 bridgehead atoms. The number of primary amides is 1. The molecule has 0 unspecified atom stereocenters. The Labute approximate surface area is 151 Å². The van der Waals surface area contributed by atoms with Crippen molar-refractivity contribution in [3.63, 3.8) is 0 Å². The molecule has 0 aromatic heterocycles. The van der Waals surface area contributed by atoms with Crippen molar-refractivity contribution >= 4 is 29.1 Å². The molecule has 2 atom stereocenters. The van der Waals surface area contributed by atoms with Crippen molar-refractivity contribution in [3.05, 3.63) is 58.6 Å². The van der Waals surface area contributed by atoms with Crippen molar-refractivity contribution in [1.82, 2.24) is 0 Å². The number of amides is 2. The second kappa shape index (κ2) is 6.76. The molecule has 5 nitrogen and oxygen atoms in total. The Morgan fingerprint density at radius 2 is 2.00 bits per heavy atom. The Balaban J connectivity index is 1.84. The van der Waals surface area contributed by atoms with Crippen LogP contribution in [0.25, 0.3) is 0 Å². The zero-order valence-electron chi connectivity index (χ0n) is 14.0. The van der Waals surface area contributed by atoms with Crippen LogP contribution in [0, 0.1) is 0 Å². The summed E-state index contributed by atoms with van der Waals surface area (Å²) in [6.07, 6.45) is 0.0372. The fourth-order valence-electron chi connectivity index (χ4n) is 3.14. The van der Waals surface area contributed by atoms with Gasteiger partial charge < -0.3 is 15.4 Å². The summed E-state index contributed by atoms with van der Waals surface area (Å²) in [5.74, 6) is -0.572. The number of ether oxygens (including phenoxy) is 1. The van der Waals surface area contributed by atoms with Crippen molar-refractivity contribution in [2.24, 2.45) is 5.73 Å². The van der Waals surface area contributed by atoms with Crippen LogP contribution in [0.5, 0.6) is 5.75 Å². The average molecular weight is 359 g/mol. The quantitative estimate of drug-likeness (QED) is 0.912. The molecule has 6 heteroatoms. The fourth-order valence-corrected chi connectivity index (χ4v) is 3.31. The van der Waals surface area contributed by atoms with Crippen LogP contribution in [-0.2, 0) is 11.2 Å². The van der Waals surface area contributed by atoms with E-state index in [9.17, 15) is 9.59 Å². The normalized spacial score (nSPS) is 17.1. The second-order valence-corrected chi connectivity index (χ2v) is 6.59. The maximum absolute atomic E-state index is 12.9. The van der Waals surface area contributed by atoms with Crippen molar-refractivity contribution in [1.29, 1.82) is 0 Å². The van der Waals surface area contributed by atoms with Gasteiger partial charge in [-0.1, -0.05) is 29.8 Å². The number of benzene rings is 2. The molecule has 2 N–H and O–H groups in total. The number of hydrogen-bond donors (Lipinski definition) is 1. The number of nitrogens with two attached hydrogens (primary N) is 1. The van der Waals surface area contributed by atoms with Crippen LogP contribution < -0.4 is 15.4 Å². The molecule has 1 aliphatic rings. The molecule has 25 heavy (non-hydrogen) atoms. The average Bonchev–Trinajstić information content (AvgIpc) is 2.91. The highest BCUT2D eigenvalue weighted by Crippen LogP contribution is 2.33. The smallest absolute Gasteiger partial charge is 0.268 e. The molecule has 0 aliphatic carbocycles. The minimum Gasteiger partial charge on any atom is -0.480 e. The lowest BCUT2D eigenvalue weighted by atomic mass is 10.1. The first-order chi connectivity index (χ1) is 11.9. The van der Waals surface area contributed by atoms with Gasteiger partial charge in [0.1, 0.15) is 5.75 Å². The first-order valence-electron chi connectivity index (χ1n) is 8.05. The molecule has 0 fully saturated rings. The predicted molar refractivity (Wildman–Crippen MR) is 97.2 cm³/mol. The minimum atomic E-state index is -0.770. The molecule has 3 rings (SSSR count). The van der Waals surface area contributed by atoms with E-state index in [1.165, 1.54) is 6.07 Å². The number of halogens is 1. The van der Waals surface area contributed by atoms with E-state index in [4.69, 9.17) is 22.1 Å². The lowest BCUT2D eigenvalue weighted by Gasteiger charge is -2.26. The number of carbonyl (C=O) groups is 2. The maximum Gasteiger partial charge on any atom is 0.268 e. The Bertz CT molecular complexity index is 837. The van der Waals surface area contributed by atoms with Gasteiger partial charge >= 0.3 is 0 Å². The summed E-state index contributed by atoms with van der Waals surface area (Å²) in [4.78, 5) is 26.3. The molecule has 0 spiro atoms. The van der Waals surface area contributed by atoms with E-state index >= 15 is 0 Å². The Hall–Kier alpha value is -2.53. The predicted octanol–water partition coefficient (Wildman–Crippen LogP) is 3.18. The number of anilines is 1. The molecule has 0 saturated carbocycles. The maximum atomic E-state index is 12.9. The third-order valence-corrected chi connectivity index (χ3v) is 4.54. The molecule has 1 heterocycles. The summed E-state index contributed by atoms with van der Waals surface area (Å²) in [5.41, 5.74) is 7.57. The molecule has 2 amide bonds. The largest absolute Gasteiger partial charge is 0.480 e. The van der Waals surface area contributed by atoms with Gasteiger partial charge in [-0.15, -0.1) is 0 Å². The molecular formula is C19H19ClN2O3. The zero-order chi connectivity index (χ0) is 18.1. The van der Waals surface area contributed by atoms with Crippen LogP contribution in [0.4, 0.5) is 5.69 Å². The highest BCUT2D eigenvalue weighted by atomic mass is 35.5. The molecule has 0 saturated heterocycles. The van der Waals surface area contributed by atoms with Gasteiger partial charge in [0.25, 0.3) is 11.8 Å². The van der Waals surface area contributed by atoms with Crippen LogP contribution in [0.1, 0.15) is 29.8 Å². The first kappa shape index (κ1) is 17.3. The summed E-state index contributed by atoms with van der Waals surface area (Å²) >= 11 is 5.90. The minimum absolute atomic E-state index is 0.0526. The molecule has 0 radical (unpaired) electrons. The summed E-state index contributed by atoms with van der Waals surface area (Å²) in [6.45, 7) is 3.66. The van der Waals surface area contributed by atoms with Gasteiger partial charge in [-0.25, -0.2) is 0 Å². The van der Waals surface area contributed by atoms with Crippen LogP contribution in [0.2, 0.25) is 5.02 Å². The van der Waals surface area contributed by atoms with Crippen molar-refractivity contribution in [3.8, 4) is 5.75 Å². The molecular weight excluding hydrogens is 340 g/mol. The molecule has 2 aromatic carbocycles. The summed E-state index contributed by atoms with van der Waals surface area (Å²) in [7, 11) is 0. The SMILES string of the molecule is C[C@@H](Oc1ccc(Cl)cc1C(N)=O)C(=O)N1c2ccccc2C[C@@H]1C. The summed E-state index contributed by atoms with van der Waals surface area (Å²) in [6, 6.07) is 12.5. The number of fused-ring (bicyclic) bond motifs is 1. The lowest BCUT2D eigenvalue weighted by molar-refractivity contribution is -0.124. The molecule has 2 aromatic rings. The van der Waals surface area contributed by atoms with Crippen molar-refractivity contribution < 1.29 is 14.3 Å². The number of hydrogen-bond acceptors (Lipinski definition) is 3. The zero-order valence-corrected chi connectivity index (χ0v) is 14.8. The van der Waals surface area contributed by atoms with Crippen molar-refractivity contribution in [2.75, 3.05) is 4.90 Å². The summed E-state index contributed by atoms with van der Waals surface area (Å²) < 4.78 is 5.75. The van der Waals surface area contributed by atoms with E-state index in [0.717, 1.165) is 17.7 Å². The summed E-state index contributed by atoms with van der Waals surface area (Å²) in [5, 5.41) is 0.377. The number of carbonyl (C=O) groups excluding carboxylic acids is 2. The van der Waals surface area contributed by atoms with Gasteiger partial charge in [0.2, 0.25) is 0 Å². The first-order valence-corrected chi connectivity index (χ1v) is 8.43. The van der Waals surface area contributed by atoms with Gasteiger partial charge in [0.15, 0.2) is 6.10 Å². The fraction of sp³-hybridized carbons (Fsp3) is 0.263. The second-order valence-electron chi connectivity index (χ2n) is 6.15. The number of para-hydroxylation sites is 1. The van der Waals surface area contributed by atoms with E-state index in [2.05, 4.69) is 0 Å². The molecule has 1 aliphatic heterocycles. The van der Waals surface area contributed by atoms with E-state index in [1.807, 2.05) is 31.2 Å². The third-order valence-electron chi connectivity index (χ3n) is 4.30. The van der Waals surface area contributed by atoms with Gasteiger partial charge in [0, 0.05) is 16.8 Å². The van der Waals surface area contributed by atoms with E-state index in [-0.39, 0.29) is 23.3 Å². The number of nitrogens with zero attached hydrogens (tertiary/aromatic N) is 1. The van der Waals surface area contributed by atoms with Crippen LogP contribution in [0.3, 0.4) is 0 Å². The van der Waals surface area contributed by atoms with Crippen molar-refractivity contribution in [2.45, 2.75) is 32.4 Å². The van der Waals surface area contributed by atoms with Gasteiger partial charge in [-0.05, 0) is 50.1 Å². The lowest BCUT2D eigenvalue weighted by Crippen LogP contribution is -2.43. The Morgan fingerprint density at radius 1 is 1.28 bits per heavy atom. The van der Waals surface area contributed by atoms with Gasteiger partial charge in [0.05, 0.1) is 5.56 Å². The number of rotatable bonds is 4.